The van der Waals surface area contributed by atoms with Gasteiger partial charge in [0.15, 0.2) is 0 Å². The minimum Gasteiger partial charge on any atom is -0.354 e. The van der Waals surface area contributed by atoms with Crippen LogP contribution in [-0.4, -0.2) is 44.3 Å². The van der Waals surface area contributed by atoms with Gasteiger partial charge in [-0.15, -0.1) is 0 Å². The van der Waals surface area contributed by atoms with E-state index in [4.69, 9.17) is 46.4 Å². The molecule has 0 radical (unpaired) electrons. The van der Waals surface area contributed by atoms with Crippen molar-refractivity contribution in [2.24, 2.45) is 5.92 Å². The number of nitrogens with one attached hydrogen (secondary N) is 1. The first-order chi connectivity index (χ1) is 21.8. The topological polar surface area (TPSA) is 86.8 Å². The van der Waals surface area contributed by atoms with Gasteiger partial charge in [0, 0.05) is 29.6 Å². The van der Waals surface area contributed by atoms with Crippen LogP contribution in [0.2, 0.25) is 20.1 Å². The number of carbonyl (C=O) groups is 2. The SMILES string of the molecule is CC(C)CNC(=O)[C@@H](Cc1ccccc1)N(Cc1ccc(Cl)c(Cl)c1)C(=O)CN(c1cc(Cl)cc(Cl)c1)S(=O)(=O)c1ccccc1. The smallest absolute Gasteiger partial charge is 0.264 e. The summed E-state index contributed by atoms with van der Waals surface area (Å²) in [6.45, 7) is 3.60. The third kappa shape index (κ3) is 9.39. The van der Waals surface area contributed by atoms with Gasteiger partial charge in [-0.2, -0.15) is 0 Å². The monoisotopic (exact) mass is 719 g/mol. The maximum Gasteiger partial charge on any atom is 0.264 e. The minimum absolute atomic E-state index is 0.0366. The van der Waals surface area contributed by atoms with Crippen LogP contribution in [-0.2, 0) is 32.6 Å². The van der Waals surface area contributed by atoms with E-state index in [2.05, 4.69) is 5.32 Å². The van der Waals surface area contributed by atoms with Crippen LogP contribution in [0.15, 0.2) is 102 Å². The fourth-order valence-corrected chi connectivity index (χ4v) is 7.00. The Bertz CT molecular complexity index is 1750. The predicted molar refractivity (Wildman–Crippen MR) is 186 cm³/mol. The maximum absolute atomic E-state index is 14.5. The summed E-state index contributed by atoms with van der Waals surface area (Å²) in [4.78, 5) is 29.7. The van der Waals surface area contributed by atoms with Gasteiger partial charge in [-0.25, -0.2) is 8.42 Å². The van der Waals surface area contributed by atoms with Crippen molar-refractivity contribution in [3.05, 3.63) is 128 Å². The molecule has 12 heteroatoms. The molecule has 0 heterocycles. The second-order valence-corrected chi connectivity index (χ2v) is 14.6. The Labute approximate surface area is 290 Å². The number of rotatable bonds is 13. The number of halogens is 4. The number of carbonyl (C=O) groups excluding carboxylic acids is 2. The molecule has 0 fully saturated rings. The largest absolute Gasteiger partial charge is 0.354 e. The number of amides is 2. The van der Waals surface area contributed by atoms with E-state index in [1.165, 1.54) is 35.2 Å². The lowest BCUT2D eigenvalue weighted by Gasteiger charge is -2.34. The second kappa shape index (κ2) is 16.0. The van der Waals surface area contributed by atoms with Crippen molar-refractivity contribution in [1.82, 2.24) is 10.2 Å². The summed E-state index contributed by atoms with van der Waals surface area (Å²) in [5.41, 5.74) is 1.50. The highest BCUT2D eigenvalue weighted by molar-refractivity contribution is 7.92. The molecule has 0 spiro atoms. The van der Waals surface area contributed by atoms with E-state index in [9.17, 15) is 18.0 Å². The Morgan fingerprint density at radius 3 is 1.96 bits per heavy atom. The lowest BCUT2D eigenvalue weighted by Crippen LogP contribution is -2.53. The van der Waals surface area contributed by atoms with Crippen molar-refractivity contribution >= 4 is 73.9 Å². The molecule has 7 nitrogen and oxygen atoms in total. The van der Waals surface area contributed by atoms with Crippen LogP contribution >= 0.6 is 46.4 Å². The number of nitrogens with zero attached hydrogens (tertiary/aromatic N) is 2. The number of anilines is 1. The summed E-state index contributed by atoms with van der Waals surface area (Å²) in [7, 11) is -4.30. The first kappa shape index (κ1) is 35.6. The van der Waals surface area contributed by atoms with Crippen molar-refractivity contribution < 1.29 is 18.0 Å². The number of benzene rings is 4. The molecule has 4 rings (SSSR count). The predicted octanol–water partition coefficient (Wildman–Crippen LogP) is 7.91. The summed E-state index contributed by atoms with van der Waals surface area (Å²) < 4.78 is 29.1. The molecule has 0 aromatic heterocycles. The van der Waals surface area contributed by atoms with Gasteiger partial charge in [-0.1, -0.05) is 115 Å². The Morgan fingerprint density at radius 2 is 1.37 bits per heavy atom. The highest BCUT2D eigenvalue weighted by Gasteiger charge is 2.35. The maximum atomic E-state index is 14.5. The van der Waals surface area contributed by atoms with E-state index >= 15 is 0 Å². The van der Waals surface area contributed by atoms with Gasteiger partial charge in [-0.3, -0.25) is 13.9 Å². The lowest BCUT2D eigenvalue weighted by atomic mass is 10.0. The Hall–Kier alpha value is -3.27. The molecule has 4 aromatic rings. The first-order valence-corrected chi connectivity index (χ1v) is 17.4. The van der Waals surface area contributed by atoms with Crippen LogP contribution in [0, 0.1) is 5.92 Å². The van der Waals surface area contributed by atoms with Gasteiger partial charge in [0.25, 0.3) is 10.0 Å². The van der Waals surface area contributed by atoms with Crippen molar-refractivity contribution in [2.75, 3.05) is 17.4 Å². The molecular weight excluding hydrogens is 688 g/mol. The quantitative estimate of drug-likeness (QED) is 0.152. The average molecular weight is 722 g/mol. The normalized spacial score (nSPS) is 12.1. The standard InChI is InChI=1S/C34H33Cl4N3O4S/c1-23(2)20-39-34(43)32(16-24-9-5-3-6-10-24)40(21-25-13-14-30(37)31(38)15-25)33(42)22-41(28-18-26(35)17-27(36)19-28)46(44,45)29-11-7-4-8-12-29/h3-15,17-19,23,32H,16,20-22H2,1-2H3,(H,39,43)/t32-/m1/s1. The summed E-state index contributed by atoms with van der Waals surface area (Å²) in [6, 6.07) is 25.2. The highest BCUT2D eigenvalue weighted by Crippen LogP contribution is 2.31. The van der Waals surface area contributed by atoms with Crippen LogP contribution in [0.1, 0.15) is 25.0 Å². The molecule has 0 aliphatic rings. The summed E-state index contributed by atoms with van der Waals surface area (Å²) in [5, 5.41) is 3.93. The first-order valence-electron chi connectivity index (χ1n) is 14.4. The minimum atomic E-state index is -4.30. The van der Waals surface area contributed by atoms with Gasteiger partial charge in [0.1, 0.15) is 12.6 Å². The molecule has 0 bridgehead atoms. The fraction of sp³-hybridized carbons (Fsp3) is 0.235. The van der Waals surface area contributed by atoms with E-state index < -0.39 is 28.5 Å². The highest BCUT2D eigenvalue weighted by atomic mass is 35.5. The Morgan fingerprint density at radius 1 is 0.761 bits per heavy atom. The van der Waals surface area contributed by atoms with Crippen molar-refractivity contribution in [3.8, 4) is 0 Å². The Kier molecular flexibility index (Phi) is 12.4. The summed E-state index contributed by atoms with van der Waals surface area (Å²) >= 11 is 25.1. The van der Waals surface area contributed by atoms with Gasteiger partial charge in [0.2, 0.25) is 11.8 Å². The molecule has 242 valence electrons. The molecular formula is C34H33Cl4N3O4S. The van der Waals surface area contributed by atoms with Crippen LogP contribution in [0.3, 0.4) is 0 Å². The number of sulfonamides is 1. The van der Waals surface area contributed by atoms with Crippen molar-refractivity contribution in [3.63, 3.8) is 0 Å². The third-order valence-electron chi connectivity index (χ3n) is 7.04. The van der Waals surface area contributed by atoms with Gasteiger partial charge >= 0.3 is 0 Å². The second-order valence-electron chi connectivity index (χ2n) is 11.1. The number of hydrogen-bond donors (Lipinski definition) is 1. The van der Waals surface area contributed by atoms with E-state index in [1.54, 1.807) is 36.4 Å². The van der Waals surface area contributed by atoms with E-state index in [1.807, 2.05) is 44.2 Å². The molecule has 1 N–H and O–H groups in total. The van der Waals surface area contributed by atoms with Crippen LogP contribution in [0.4, 0.5) is 5.69 Å². The molecule has 0 aliphatic carbocycles. The van der Waals surface area contributed by atoms with Crippen molar-refractivity contribution in [2.45, 2.75) is 37.8 Å². The molecule has 0 aliphatic heterocycles. The number of hydrogen-bond acceptors (Lipinski definition) is 4. The average Bonchev–Trinajstić information content (AvgIpc) is 3.02. The molecule has 2 amide bonds. The fourth-order valence-electron chi connectivity index (χ4n) is 4.74. The van der Waals surface area contributed by atoms with E-state index in [0.717, 1.165) is 9.87 Å². The molecule has 46 heavy (non-hydrogen) atoms. The Balaban J connectivity index is 1.83. The van der Waals surface area contributed by atoms with E-state index in [-0.39, 0.29) is 50.4 Å². The molecule has 1 atom stereocenters. The summed E-state index contributed by atoms with van der Waals surface area (Å²) in [5.74, 6) is -0.865. The van der Waals surface area contributed by atoms with Crippen molar-refractivity contribution in [1.29, 1.82) is 0 Å². The van der Waals surface area contributed by atoms with E-state index in [0.29, 0.717) is 17.1 Å². The lowest BCUT2D eigenvalue weighted by molar-refractivity contribution is -0.140. The third-order valence-corrected chi connectivity index (χ3v) is 10.0. The molecule has 0 saturated carbocycles. The zero-order chi connectivity index (χ0) is 33.4. The molecule has 4 aromatic carbocycles. The van der Waals surface area contributed by atoms with Gasteiger partial charge in [-0.05, 0) is 59.5 Å². The van der Waals surface area contributed by atoms with Gasteiger partial charge < -0.3 is 10.2 Å². The van der Waals surface area contributed by atoms with Crippen LogP contribution in [0.25, 0.3) is 0 Å². The van der Waals surface area contributed by atoms with Gasteiger partial charge in [0.05, 0.1) is 20.6 Å². The van der Waals surface area contributed by atoms with Crippen LogP contribution in [0.5, 0.6) is 0 Å². The summed E-state index contributed by atoms with van der Waals surface area (Å²) in [6.07, 6.45) is 0.173. The van der Waals surface area contributed by atoms with Crippen LogP contribution < -0.4 is 9.62 Å². The molecule has 0 saturated heterocycles. The zero-order valence-electron chi connectivity index (χ0n) is 25.2. The molecule has 0 unspecified atom stereocenters. The zero-order valence-corrected chi connectivity index (χ0v) is 29.0.